The molecular weight excluding hydrogens is 132 g/mol. The van der Waals surface area contributed by atoms with Gasteiger partial charge < -0.3 is 0 Å². The standard InChI is InChI=1S/C11H12/c1-11(2)8-7-9-5-3-4-6-10(9)11/h3-8H,1-2H3/p+1. The fraction of sp³-hybridized carbons (Fsp3) is 0.273. The summed E-state index contributed by atoms with van der Waals surface area (Å²) in [6, 6.07) is 8.56. The van der Waals surface area contributed by atoms with E-state index in [1.54, 1.807) is 0 Å². The number of benzene rings is 1. The summed E-state index contributed by atoms with van der Waals surface area (Å²) in [5, 5.41) is 0. The highest BCUT2D eigenvalue weighted by Crippen LogP contribution is 2.34. The van der Waals surface area contributed by atoms with Gasteiger partial charge in [-0.3, -0.25) is 0 Å². The quantitative estimate of drug-likeness (QED) is 0.526. The van der Waals surface area contributed by atoms with Gasteiger partial charge in [0.25, 0.3) is 0 Å². The van der Waals surface area contributed by atoms with Crippen LogP contribution < -0.4 is 0 Å². The highest BCUT2D eigenvalue weighted by Gasteiger charge is 2.23. The molecule has 0 radical (unpaired) electrons. The van der Waals surface area contributed by atoms with Crippen molar-refractivity contribution < 1.29 is 1.43 Å². The fourth-order valence-corrected chi connectivity index (χ4v) is 1.62. The Kier molecular flexibility index (Phi) is 1.19. The van der Waals surface area contributed by atoms with E-state index in [9.17, 15) is 0 Å². The third kappa shape index (κ3) is 0.900. The van der Waals surface area contributed by atoms with Crippen molar-refractivity contribution in [3.63, 3.8) is 0 Å². The topological polar surface area (TPSA) is 0 Å². The molecule has 0 N–H and O–H groups in total. The Morgan fingerprint density at radius 1 is 1.18 bits per heavy atom. The van der Waals surface area contributed by atoms with E-state index in [2.05, 4.69) is 50.3 Å². The monoisotopic (exact) mass is 145 g/mol. The largest absolute Gasteiger partial charge is 1.00 e. The molecule has 0 nitrogen and oxygen atoms in total. The Labute approximate surface area is 69.0 Å². The van der Waals surface area contributed by atoms with E-state index in [1.165, 1.54) is 11.1 Å². The van der Waals surface area contributed by atoms with Crippen molar-refractivity contribution in [2.45, 2.75) is 19.3 Å². The molecule has 0 atom stereocenters. The van der Waals surface area contributed by atoms with Crippen LogP contribution in [0, 0.1) is 0 Å². The average Bonchev–Trinajstić information content (AvgIpc) is 2.29. The first-order valence-electron chi connectivity index (χ1n) is 3.99. The first-order valence-corrected chi connectivity index (χ1v) is 3.99. The fourth-order valence-electron chi connectivity index (χ4n) is 1.62. The van der Waals surface area contributed by atoms with Crippen LogP contribution in [0.1, 0.15) is 26.4 Å². The zero-order chi connectivity index (χ0) is 7.90. The lowest BCUT2D eigenvalue weighted by Crippen LogP contribution is -2.10. The molecule has 0 heterocycles. The van der Waals surface area contributed by atoms with Gasteiger partial charge in [0.05, 0.1) is 0 Å². The summed E-state index contributed by atoms with van der Waals surface area (Å²) in [6.07, 6.45) is 4.47. The molecule has 0 saturated heterocycles. The third-order valence-corrected chi connectivity index (χ3v) is 2.33. The second-order valence-electron chi connectivity index (χ2n) is 3.64. The minimum Gasteiger partial charge on any atom is -0.0739 e. The maximum Gasteiger partial charge on any atom is 1.00 e. The third-order valence-electron chi connectivity index (χ3n) is 2.33. The number of allylic oxidation sites excluding steroid dienone is 1. The molecule has 0 fully saturated rings. The zero-order valence-electron chi connectivity index (χ0n) is 7.96. The summed E-state index contributed by atoms with van der Waals surface area (Å²) >= 11 is 0. The Bertz CT molecular complexity index is 311. The Morgan fingerprint density at radius 3 is 2.64 bits per heavy atom. The van der Waals surface area contributed by atoms with Gasteiger partial charge in [-0.05, 0) is 11.1 Å². The second-order valence-corrected chi connectivity index (χ2v) is 3.64. The number of fused-ring (bicyclic) bond motifs is 1. The Morgan fingerprint density at radius 2 is 1.91 bits per heavy atom. The van der Waals surface area contributed by atoms with Crippen LogP contribution in [0.15, 0.2) is 30.3 Å². The first-order chi connectivity index (χ1) is 5.20. The molecule has 11 heavy (non-hydrogen) atoms. The minimum absolute atomic E-state index is 0. The van der Waals surface area contributed by atoms with Crippen molar-refractivity contribution in [1.82, 2.24) is 0 Å². The summed E-state index contributed by atoms with van der Waals surface area (Å²) in [6.45, 7) is 4.49. The van der Waals surface area contributed by atoms with Crippen LogP contribution in [0.5, 0.6) is 0 Å². The Balaban J connectivity index is 0.000000720. The molecule has 1 aliphatic rings. The molecule has 1 aromatic carbocycles. The summed E-state index contributed by atoms with van der Waals surface area (Å²) in [5.74, 6) is 0. The molecule has 0 aliphatic heterocycles. The van der Waals surface area contributed by atoms with Crippen LogP contribution in [0.25, 0.3) is 6.08 Å². The van der Waals surface area contributed by atoms with Crippen LogP contribution in [-0.2, 0) is 5.41 Å². The number of hydrogen-bond donors (Lipinski definition) is 0. The smallest absolute Gasteiger partial charge is 0.0739 e. The highest BCUT2D eigenvalue weighted by atomic mass is 14.3. The molecule has 0 spiro atoms. The van der Waals surface area contributed by atoms with Gasteiger partial charge in [0.15, 0.2) is 0 Å². The predicted molar refractivity (Wildman–Crippen MR) is 49.6 cm³/mol. The zero-order valence-corrected chi connectivity index (χ0v) is 6.96. The molecule has 0 saturated carbocycles. The normalized spacial score (nSPS) is 18.4. The van der Waals surface area contributed by atoms with E-state index in [0.717, 1.165) is 0 Å². The van der Waals surface area contributed by atoms with Gasteiger partial charge in [0, 0.05) is 5.41 Å². The molecule has 1 aromatic rings. The van der Waals surface area contributed by atoms with Gasteiger partial charge >= 0.3 is 1.43 Å². The van der Waals surface area contributed by atoms with E-state index in [0.29, 0.717) is 0 Å². The second kappa shape index (κ2) is 1.97. The summed E-state index contributed by atoms with van der Waals surface area (Å²) in [7, 11) is 0. The van der Waals surface area contributed by atoms with E-state index < -0.39 is 0 Å². The number of hydrogen-bond acceptors (Lipinski definition) is 0. The molecule has 56 valence electrons. The van der Waals surface area contributed by atoms with Crippen molar-refractivity contribution in [2.75, 3.05) is 0 Å². The van der Waals surface area contributed by atoms with Gasteiger partial charge in [-0.25, -0.2) is 0 Å². The van der Waals surface area contributed by atoms with Crippen LogP contribution >= 0.6 is 0 Å². The maximum atomic E-state index is 2.26. The first kappa shape index (κ1) is 6.66. The average molecular weight is 145 g/mol. The molecule has 0 amide bonds. The van der Waals surface area contributed by atoms with Gasteiger partial charge in [-0.15, -0.1) is 0 Å². The van der Waals surface area contributed by atoms with E-state index in [4.69, 9.17) is 0 Å². The molecule has 0 bridgehead atoms. The number of rotatable bonds is 0. The lowest BCUT2D eigenvalue weighted by Gasteiger charge is -2.16. The van der Waals surface area contributed by atoms with Crippen molar-refractivity contribution in [3.8, 4) is 0 Å². The van der Waals surface area contributed by atoms with Gasteiger partial charge in [0.2, 0.25) is 0 Å². The summed E-state index contributed by atoms with van der Waals surface area (Å²) in [4.78, 5) is 0. The molecule has 0 aromatic heterocycles. The van der Waals surface area contributed by atoms with Crippen molar-refractivity contribution in [1.29, 1.82) is 0 Å². The van der Waals surface area contributed by atoms with E-state index in [1.807, 2.05) is 0 Å². The van der Waals surface area contributed by atoms with Crippen molar-refractivity contribution in [2.24, 2.45) is 0 Å². The highest BCUT2D eigenvalue weighted by molar-refractivity contribution is 5.64. The van der Waals surface area contributed by atoms with Crippen molar-refractivity contribution >= 4 is 6.08 Å². The molecule has 0 unspecified atom stereocenters. The molecule has 2 rings (SSSR count). The lowest BCUT2D eigenvalue weighted by molar-refractivity contribution is 0.683. The predicted octanol–water partition coefficient (Wildman–Crippen LogP) is 3.10. The van der Waals surface area contributed by atoms with Crippen LogP contribution in [0.4, 0.5) is 0 Å². The molecule has 0 heteroatoms. The van der Waals surface area contributed by atoms with Crippen LogP contribution in [0.2, 0.25) is 0 Å². The van der Waals surface area contributed by atoms with E-state index >= 15 is 0 Å². The van der Waals surface area contributed by atoms with Crippen LogP contribution in [-0.4, -0.2) is 0 Å². The van der Waals surface area contributed by atoms with Crippen molar-refractivity contribution in [3.05, 3.63) is 41.5 Å². The Hall–Kier alpha value is -1.04. The minimum atomic E-state index is 0. The summed E-state index contributed by atoms with van der Waals surface area (Å²) < 4.78 is 0. The summed E-state index contributed by atoms with van der Waals surface area (Å²) in [5.41, 5.74) is 3.06. The lowest BCUT2D eigenvalue weighted by atomic mass is 9.87. The van der Waals surface area contributed by atoms with E-state index in [-0.39, 0.29) is 6.84 Å². The SMILES string of the molecule is CC1(C)C=Cc2ccccc21.[H+]. The van der Waals surface area contributed by atoms with Gasteiger partial charge in [0.1, 0.15) is 0 Å². The van der Waals surface area contributed by atoms with Gasteiger partial charge in [-0.1, -0.05) is 50.3 Å². The van der Waals surface area contributed by atoms with Crippen LogP contribution in [0.3, 0.4) is 0 Å². The van der Waals surface area contributed by atoms with Gasteiger partial charge in [-0.2, -0.15) is 0 Å². The molecule has 1 aliphatic carbocycles. The maximum absolute atomic E-state index is 2.26. The molecular formula is C11H13+.